The first-order chi connectivity index (χ1) is 7.07. The molecule has 0 saturated carbocycles. The first-order valence-electron chi connectivity index (χ1n) is 4.95. The van der Waals surface area contributed by atoms with Gasteiger partial charge < -0.3 is 5.11 Å². The Hall–Kier alpha value is -0.410. The van der Waals surface area contributed by atoms with Crippen LogP contribution in [0.5, 0.6) is 0 Å². The van der Waals surface area contributed by atoms with Crippen LogP contribution >= 0.6 is 23.4 Å². The van der Waals surface area contributed by atoms with Crippen molar-refractivity contribution >= 4 is 29.3 Å². The summed E-state index contributed by atoms with van der Waals surface area (Å²) in [4.78, 5) is 11.3. The molecule has 0 heterocycles. The van der Waals surface area contributed by atoms with Gasteiger partial charge in [0.1, 0.15) is 0 Å². The van der Waals surface area contributed by atoms with Crippen LogP contribution in [0.1, 0.15) is 33.1 Å². The minimum atomic E-state index is -0.743. The summed E-state index contributed by atoms with van der Waals surface area (Å²) >= 11 is 7.52. The van der Waals surface area contributed by atoms with Crippen molar-refractivity contribution in [2.75, 3.05) is 5.75 Å². The van der Waals surface area contributed by atoms with E-state index < -0.39 is 5.97 Å². The van der Waals surface area contributed by atoms with E-state index in [2.05, 4.69) is 6.92 Å². The van der Waals surface area contributed by atoms with E-state index in [1.54, 1.807) is 11.8 Å². The van der Waals surface area contributed by atoms with Crippen molar-refractivity contribution in [3.63, 3.8) is 0 Å². The van der Waals surface area contributed by atoms with Gasteiger partial charge in [0.2, 0.25) is 0 Å². The third-order valence-electron chi connectivity index (χ3n) is 1.64. The second-order valence-corrected chi connectivity index (χ2v) is 4.76. The van der Waals surface area contributed by atoms with Gasteiger partial charge in [-0.1, -0.05) is 30.7 Å². The van der Waals surface area contributed by atoms with Gasteiger partial charge in [-0.3, -0.25) is 4.79 Å². The van der Waals surface area contributed by atoms with Gasteiger partial charge in [0, 0.05) is 16.4 Å². The molecule has 15 heavy (non-hydrogen) atoms. The largest absolute Gasteiger partial charge is 0.481 e. The van der Waals surface area contributed by atoms with Gasteiger partial charge >= 0.3 is 5.97 Å². The number of thioether (sulfide) groups is 1. The van der Waals surface area contributed by atoms with Crippen LogP contribution in [0, 0.1) is 0 Å². The van der Waals surface area contributed by atoms with E-state index in [4.69, 9.17) is 16.7 Å². The van der Waals surface area contributed by atoms with Gasteiger partial charge in [-0.2, -0.15) is 0 Å². The molecule has 0 aromatic carbocycles. The zero-order valence-corrected chi connectivity index (χ0v) is 10.7. The lowest BCUT2D eigenvalue weighted by molar-refractivity contribution is -0.137. The van der Waals surface area contributed by atoms with Crippen molar-refractivity contribution in [3.05, 3.63) is 22.1 Å². The van der Waals surface area contributed by atoms with Crippen LogP contribution < -0.4 is 0 Å². The van der Waals surface area contributed by atoms with E-state index in [9.17, 15) is 4.79 Å². The fourth-order valence-corrected chi connectivity index (χ4v) is 2.02. The molecule has 4 heteroatoms. The number of hydrogen-bond donors (Lipinski definition) is 1. The highest BCUT2D eigenvalue weighted by molar-refractivity contribution is 8.03. The van der Waals surface area contributed by atoms with Crippen LogP contribution in [0.15, 0.2) is 22.1 Å². The number of rotatable bonds is 7. The number of carboxylic acids is 1. The standard InChI is InChI=1S/C11H17ClO2S/c1-3-4-6-10(9(2)12)15-8-5-7-11(13)14/h4,6H,3,5,7-8H2,1-2H3,(H,13,14)/b6-4-,10-9-. The maximum Gasteiger partial charge on any atom is 0.303 e. The third-order valence-corrected chi connectivity index (χ3v) is 3.20. The molecule has 0 radical (unpaired) electrons. The molecule has 0 fully saturated rings. The highest BCUT2D eigenvalue weighted by Gasteiger charge is 2.00. The molecule has 0 aliphatic heterocycles. The summed E-state index contributed by atoms with van der Waals surface area (Å²) in [7, 11) is 0. The Morgan fingerprint density at radius 2 is 2.20 bits per heavy atom. The summed E-state index contributed by atoms with van der Waals surface area (Å²) < 4.78 is 0. The van der Waals surface area contributed by atoms with Crippen molar-refractivity contribution in [1.29, 1.82) is 0 Å². The van der Waals surface area contributed by atoms with Crippen LogP contribution in [0.2, 0.25) is 0 Å². The van der Waals surface area contributed by atoms with Gasteiger partial charge in [-0.05, 0) is 25.5 Å². The number of aliphatic carboxylic acids is 1. The SMILES string of the molecule is CC/C=C\C(SCCCC(=O)O)=C(/C)Cl. The van der Waals surface area contributed by atoms with Crippen LogP contribution in [0.3, 0.4) is 0 Å². The summed E-state index contributed by atoms with van der Waals surface area (Å²) in [6.45, 7) is 3.91. The smallest absolute Gasteiger partial charge is 0.303 e. The molecule has 0 atom stereocenters. The lowest BCUT2D eigenvalue weighted by atomic mass is 10.3. The first kappa shape index (κ1) is 14.6. The minimum absolute atomic E-state index is 0.221. The molecule has 0 bridgehead atoms. The summed E-state index contributed by atoms with van der Waals surface area (Å²) in [6, 6.07) is 0. The molecule has 2 nitrogen and oxygen atoms in total. The monoisotopic (exact) mass is 248 g/mol. The second kappa shape index (κ2) is 8.86. The maximum atomic E-state index is 10.3. The summed E-state index contributed by atoms with van der Waals surface area (Å²) in [5, 5.41) is 9.23. The third kappa shape index (κ3) is 8.58. The number of allylic oxidation sites excluding steroid dienone is 3. The zero-order chi connectivity index (χ0) is 11.7. The normalized spacial score (nSPS) is 13.0. The second-order valence-electron chi connectivity index (χ2n) is 3.05. The lowest BCUT2D eigenvalue weighted by Crippen LogP contribution is -1.94. The average molecular weight is 249 g/mol. The quantitative estimate of drug-likeness (QED) is 0.546. The molecule has 0 aromatic heterocycles. The van der Waals surface area contributed by atoms with E-state index in [-0.39, 0.29) is 6.42 Å². The number of carboxylic acid groups (broad SMARTS) is 1. The molecule has 0 rings (SSSR count). The van der Waals surface area contributed by atoms with Gasteiger partial charge in [-0.25, -0.2) is 0 Å². The Balaban J connectivity index is 3.94. The molecule has 0 aliphatic carbocycles. The summed E-state index contributed by atoms with van der Waals surface area (Å²) in [5.74, 6) is 0.0487. The average Bonchev–Trinajstić information content (AvgIpc) is 2.15. The van der Waals surface area contributed by atoms with Crippen molar-refractivity contribution in [2.24, 2.45) is 0 Å². The van der Waals surface area contributed by atoms with E-state index in [0.717, 1.165) is 22.1 Å². The fourth-order valence-electron chi connectivity index (χ4n) is 0.893. The molecule has 0 spiro atoms. The topological polar surface area (TPSA) is 37.3 Å². The number of hydrogen-bond acceptors (Lipinski definition) is 2. The van der Waals surface area contributed by atoms with Crippen molar-refractivity contribution in [1.82, 2.24) is 0 Å². The maximum absolute atomic E-state index is 10.3. The Labute approximate surface area is 100 Å². The van der Waals surface area contributed by atoms with Gasteiger partial charge in [0.25, 0.3) is 0 Å². The van der Waals surface area contributed by atoms with E-state index in [0.29, 0.717) is 6.42 Å². The predicted molar refractivity (Wildman–Crippen MR) is 67.3 cm³/mol. The van der Waals surface area contributed by atoms with E-state index in [1.165, 1.54) is 0 Å². The van der Waals surface area contributed by atoms with E-state index >= 15 is 0 Å². The molecule has 0 unspecified atom stereocenters. The molecular weight excluding hydrogens is 232 g/mol. The van der Waals surface area contributed by atoms with Crippen LogP contribution in [0.25, 0.3) is 0 Å². The predicted octanol–water partition coefficient (Wildman–Crippen LogP) is 4.02. The molecule has 0 aliphatic rings. The number of halogens is 1. The van der Waals surface area contributed by atoms with Crippen molar-refractivity contribution < 1.29 is 9.90 Å². The summed E-state index contributed by atoms with van der Waals surface area (Å²) in [6.07, 6.45) is 5.91. The highest BCUT2D eigenvalue weighted by atomic mass is 35.5. The van der Waals surface area contributed by atoms with Gasteiger partial charge in [0.15, 0.2) is 0 Å². The molecule has 0 amide bonds. The Kier molecular flexibility index (Phi) is 8.62. The zero-order valence-electron chi connectivity index (χ0n) is 9.12. The van der Waals surface area contributed by atoms with Crippen LogP contribution in [0.4, 0.5) is 0 Å². The Morgan fingerprint density at radius 3 is 2.67 bits per heavy atom. The summed E-state index contributed by atoms with van der Waals surface area (Å²) in [5.41, 5.74) is 0. The van der Waals surface area contributed by atoms with Crippen molar-refractivity contribution in [2.45, 2.75) is 33.1 Å². The van der Waals surface area contributed by atoms with Crippen molar-refractivity contribution in [3.8, 4) is 0 Å². The highest BCUT2D eigenvalue weighted by Crippen LogP contribution is 2.24. The molecule has 0 saturated heterocycles. The Bertz CT molecular complexity index is 255. The first-order valence-corrected chi connectivity index (χ1v) is 6.31. The molecular formula is C11H17ClO2S. The molecule has 86 valence electrons. The fraction of sp³-hybridized carbons (Fsp3) is 0.545. The minimum Gasteiger partial charge on any atom is -0.481 e. The van der Waals surface area contributed by atoms with Crippen LogP contribution in [-0.2, 0) is 4.79 Å². The van der Waals surface area contributed by atoms with E-state index in [1.807, 2.05) is 19.1 Å². The van der Waals surface area contributed by atoms with Gasteiger partial charge in [0.05, 0.1) is 0 Å². The number of carbonyl (C=O) groups is 1. The Morgan fingerprint density at radius 1 is 1.53 bits per heavy atom. The molecule has 1 N–H and O–H groups in total. The molecule has 0 aromatic rings. The van der Waals surface area contributed by atoms with Crippen LogP contribution in [-0.4, -0.2) is 16.8 Å². The van der Waals surface area contributed by atoms with Gasteiger partial charge in [-0.15, -0.1) is 11.8 Å². The lowest BCUT2D eigenvalue weighted by Gasteiger charge is -2.02.